The van der Waals surface area contributed by atoms with Crippen LogP contribution in [0.25, 0.3) is 0 Å². The Balaban J connectivity index is 2.85. The quantitative estimate of drug-likeness (QED) is 0.0415. The van der Waals surface area contributed by atoms with Gasteiger partial charge in [-0.05, 0) is 49.8 Å². The second-order valence-corrected chi connectivity index (χ2v) is 12.1. The van der Waals surface area contributed by atoms with Crippen LogP contribution in [0.15, 0.2) is 48.6 Å². The average Bonchev–Trinajstić information content (AvgIpc) is 3.03. The molecule has 1 aromatic rings. The van der Waals surface area contributed by atoms with E-state index in [-0.39, 0.29) is 6.42 Å². The highest BCUT2D eigenvalue weighted by Crippen LogP contribution is 2.27. The maximum atomic E-state index is 13.5. The Morgan fingerprint density at radius 2 is 1.43 bits per heavy atom. The van der Waals surface area contributed by atoms with Gasteiger partial charge in [0.05, 0.1) is 18.9 Å². The van der Waals surface area contributed by atoms with Crippen molar-refractivity contribution in [1.82, 2.24) is 5.32 Å². The molecule has 1 aromatic carbocycles. The number of amides is 1. The van der Waals surface area contributed by atoms with Crippen molar-refractivity contribution in [3.05, 3.63) is 54.1 Å². The normalized spacial score (nSPS) is 13.1. The van der Waals surface area contributed by atoms with Gasteiger partial charge in [-0.3, -0.25) is 14.4 Å². The van der Waals surface area contributed by atoms with E-state index in [0.717, 1.165) is 51.4 Å². The van der Waals surface area contributed by atoms with E-state index in [2.05, 4.69) is 25.7 Å². The van der Waals surface area contributed by atoms with E-state index < -0.39 is 53.7 Å². The Bertz CT molecular complexity index is 1160. The molecule has 1 rings (SSSR count). The van der Waals surface area contributed by atoms with Gasteiger partial charge in [-0.1, -0.05) is 89.7 Å². The second-order valence-electron chi connectivity index (χ2n) is 12.1. The molecule has 0 aliphatic rings. The number of rotatable bonds is 28. The van der Waals surface area contributed by atoms with Gasteiger partial charge in [0.1, 0.15) is 17.6 Å². The Labute approximate surface area is 279 Å². The lowest BCUT2D eigenvalue weighted by Gasteiger charge is -2.25. The predicted octanol–water partition coefficient (Wildman–Crippen LogP) is 7.15. The Morgan fingerprint density at radius 1 is 0.830 bits per heavy atom. The fraction of sp³-hybridized carbons (Fsp3) is 0.595. The first-order chi connectivity index (χ1) is 22.5. The van der Waals surface area contributed by atoms with Crippen molar-refractivity contribution >= 4 is 29.6 Å². The van der Waals surface area contributed by atoms with Crippen LogP contribution >= 0.6 is 0 Å². The zero-order valence-electron chi connectivity index (χ0n) is 28.2. The molecule has 0 spiro atoms. The number of carbonyl (C=O) groups excluding carboxylic acids is 2. The molecule has 0 bridgehead atoms. The SMILES string of the molecule is C=C(C(=O)O)C(CC(=O)O)[C@H](/C=C/CCCCCCC(=O)CCCCCCC)C(=O)N[C@@H](Cc1ccc(OCCCC)cc1)C(=O)O. The molecule has 0 aliphatic heterocycles. The molecular formula is C37H55NO9. The number of benzene rings is 1. The summed E-state index contributed by atoms with van der Waals surface area (Å²) in [7, 11) is 0. The van der Waals surface area contributed by atoms with Crippen LogP contribution in [0, 0.1) is 11.8 Å². The van der Waals surface area contributed by atoms with E-state index in [4.69, 9.17) is 4.74 Å². The summed E-state index contributed by atoms with van der Waals surface area (Å²) in [6.07, 6.45) is 15.0. The Hall–Kier alpha value is -3.95. The van der Waals surface area contributed by atoms with Gasteiger partial charge in [-0.2, -0.15) is 0 Å². The standard InChI is InChI=1S/C37H55NO9/c1-4-6-8-11-14-17-29(39)18-15-12-9-10-13-16-19-31(32(26-34(40)41)27(3)36(43)44)35(42)38-33(37(45)46)25-28-20-22-30(23-21-28)47-24-7-5-2/h16,19-23,31-33H,3-15,17-18,24-26H2,1-2H3,(H,38,42)(H,40,41)(H,43,44)(H,45,46)/b19-16+/t31-,32?,33-/m0/s1. The van der Waals surface area contributed by atoms with Gasteiger partial charge in [0.25, 0.3) is 0 Å². The number of hydrogen-bond acceptors (Lipinski definition) is 6. The van der Waals surface area contributed by atoms with Crippen LogP contribution in [0.2, 0.25) is 0 Å². The molecule has 47 heavy (non-hydrogen) atoms. The summed E-state index contributed by atoms with van der Waals surface area (Å²) in [6.45, 7) is 8.30. The summed E-state index contributed by atoms with van der Waals surface area (Å²) in [5.41, 5.74) is 0.191. The predicted molar refractivity (Wildman–Crippen MR) is 181 cm³/mol. The van der Waals surface area contributed by atoms with E-state index in [0.29, 0.717) is 43.0 Å². The van der Waals surface area contributed by atoms with Gasteiger partial charge in [-0.15, -0.1) is 0 Å². The number of Topliss-reactive ketones (excluding diaryl/α,β-unsaturated/α-hetero) is 1. The molecule has 0 saturated carbocycles. The fourth-order valence-corrected chi connectivity index (χ4v) is 5.21. The van der Waals surface area contributed by atoms with Crippen LogP contribution in [0.4, 0.5) is 0 Å². The molecule has 1 unspecified atom stereocenters. The van der Waals surface area contributed by atoms with Crippen LogP contribution in [0.5, 0.6) is 5.75 Å². The average molecular weight is 658 g/mol. The largest absolute Gasteiger partial charge is 0.494 e. The summed E-state index contributed by atoms with van der Waals surface area (Å²) < 4.78 is 5.64. The molecule has 262 valence electrons. The number of ether oxygens (including phenoxy) is 1. The Kier molecular flexibility index (Phi) is 21.2. The van der Waals surface area contributed by atoms with Crippen molar-refractivity contribution in [3.8, 4) is 5.75 Å². The molecule has 0 heterocycles. The molecule has 0 saturated heterocycles. The van der Waals surface area contributed by atoms with Gasteiger partial charge in [0, 0.05) is 30.8 Å². The van der Waals surface area contributed by atoms with Crippen LogP contribution < -0.4 is 10.1 Å². The van der Waals surface area contributed by atoms with Gasteiger partial charge < -0.3 is 25.4 Å². The molecule has 0 aromatic heterocycles. The van der Waals surface area contributed by atoms with Crippen molar-refractivity contribution in [2.24, 2.45) is 11.8 Å². The first-order valence-corrected chi connectivity index (χ1v) is 17.1. The minimum atomic E-state index is -1.44. The topological polar surface area (TPSA) is 167 Å². The maximum absolute atomic E-state index is 13.5. The number of nitrogens with one attached hydrogen (secondary N) is 1. The second kappa shape index (κ2) is 24.3. The molecule has 0 aliphatic carbocycles. The highest BCUT2D eigenvalue weighted by Gasteiger charge is 2.35. The van der Waals surface area contributed by atoms with Gasteiger partial charge >= 0.3 is 17.9 Å². The number of aliphatic carboxylic acids is 3. The number of ketones is 1. The zero-order valence-corrected chi connectivity index (χ0v) is 28.2. The molecular weight excluding hydrogens is 602 g/mol. The van der Waals surface area contributed by atoms with Crippen LogP contribution in [-0.2, 0) is 30.4 Å². The zero-order chi connectivity index (χ0) is 35.0. The van der Waals surface area contributed by atoms with E-state index in [1.54, 1.807) is 30.3 Å². The smallest absolute Gasteiger partial charge is 0.331 e. The van der Waals surface area contributed by atoms with Crippen LogP contribution in [0.3, 0.4) is 0 Å². The van der Waals surface area contributed by atoms with Crippen LogP contribution in [-0.4, -0.2) is 57.6 Å². The van der Waals surface area contributed by atoms with E-state index in [9.17, 15) is 39.3 Å². The van der Waals surface area contributed by atoms with Crippen molar-refractivity contribution in [3.63, 3.8) is 0 Å². The summed E-state index contributed by atoms with van der Waals surface area (Å²) in [5.74, 6) is -6.44. The van der Waals surface area contributed by atoms with Crippen molar-refractivity contribution < 1.29 is 44.0 Å². The first kappa shape index (κ1) is 41.1. The molecule has 10 nitrogen and oxygen atoms in total. The third kappa shape index (κ3) is 18.1. The lowest BCUT2D eigenvalue weighted by molar-refractivity contribution is -0.143. The Morgan fingerprint density at radius 3 is 1.98 bits per heavy atom. The lowest BCUT2D eigenvalue weighted by Crippen LogP contribution is -2.46. The number of unbranched alkanes of at least 4 members (excludes halogenated alkanes) is 9. The minimum Gasteiger partial charge on any atom is -0.494 e. The minimum absolute atomic E-state index is 0.0441. The van der Waals surface area contributed by atoms with E-state index in [1.165, 1.54) is 25.3 Å². The van der Waals surface area contributed by atoms with Gasteiger partial charge in [-0.25, -0.2) is 9.59 Å². The molecule has 0 fully saturated rings. The van der Waals surface area contributed by atoms with E-state index in [1.807, 2.05) is 0 Å². The highest BCUT2D eigenvalue weighted by atomic mass is 16.5. The number of hydrogen-bond donors (Lipinski definition) is 4. The third-order valence-electron chi connectivity index (χ3n) is 8.08. The number of carbonyl (C=O) groups is 5. The van der Waals surface area contributed by atoms with Crippen molar-refractivity contribution in [2.45, 2.75) is 123 Å². The molecule has 3 atom stereocenters. The van der Waals surface area contributed by atoms with Crippen LogP contribution in [0.1, 0.15) is 116 Å². The van der Waals surface area contributed by atoms with Gasteiger partial charge in [0.2, 0.25) is 5.91 Å². The van der Waals surface area contributed by atoms with Crippen molar-refractivity contribution in [2.75, 3.05) is 6.61 Å². The van der Waals surface area contributed by atoms with Crippen molar-refractivity contribution in [1.29, 1.82) is 0 Å². The number of carboxylic acids is 3. The molecule has 0 radical (unpaired) electrons. The first-order valence-electron chi connectivity index (χ1n) is 17.1. The highest BCUT2D eigenvalue weighted by molar-refractivity contribution is 5.92. The molecule has 4 N–H and O–H groups in total. The number of allylic oxidation sites excluding steroid dienone is 1. The summed E-state index contributed by atoms with van der Waals surface area (Å²) in [6, 6.07) is 5.54. The number of carboxylic acid groups (broad SMARTS) is 3. The fourth-order valence-electron chi connectivity index (χ4n) is 5.21. The molecule has 1 amide bonds. The summed E-state index contributed by atoms with van der Waals surface area (Å²) in [4.78, 5) is 61.1. The van der Waals surface area contributed by atoms with Gasteiger partial charge in [0.15, 0.2) is 0 Å². The monoisotopic (exact) mass is 657 g/mol. The maximum Gasteiger partial charge on any atom is 0.331 e. The van der Waals surface area contributed by atoms with E-state index >= 15 is 0 Å². The molecule has 10 heteroatoms. The lowest BCUT2D eigenvalue weighted by atomic mass is 9.82. The summed E-state index contributed by atoms with van der Waals surface area (Å²) >= 11 is 0. The third-order valence-corrected chi connectivity index (χ3v) is 8.08. The summed E-state index contributed by atoms with van der Waals surface area (Å²) in [5, 5.41) is 31.5.